The first-order valence-electron chi connectivity index (χ1n) is 7.84. The van der Waals surface area contributed by atoms with Gasteiger partial charge in [0.15, 0.2) is 5.96 Å². The van der Waals surface area contributed by atoms with Crippen molar-refractivity contribution in [2.75, 3.05) is 12.4 Å². The molecule has 1 unspecified atom stereocenters. The lowest BCUT2D eigenvalue weighted by Gasteiger charge is -2.11. The normalized spacial score (nSPS) is 16.3. The maximum Gasteiger partial charge on any atom is 0.193 e. The highest BCUT2D eigenvalue weighted by molar-refractivity contribution is 5.92. The summed E-state index contributed by atoms with van der Waals surface area (Å²) in [5.41, 5.74) is 7.59. The first kappa shape index (κ1) is 17.0. The van der Waals surface area contributed by atoms with E-state index in [1.807, 2.05) is 19.1 Å². The van der Waals surface area contributed by atoms with Gasteiger partial charge in [-0.2, -0.15) is 0 Å². The zero-order valence-corrected chi connectivity index (χ0v) is 14.0. The molecule has 0 saturated heterocycles. The minimum Gasteiger partial charge on any atom is -0.496 e. The number of hydrogen-bond donors (Lipinski definition) is 2. The Bertz CT molecular complexity index is 824. The van der Waals surface area contributed by atoms with Gasteiger partial charge in [-0.3, -0.25) is 0 Å². The van der Waals surface area contributed by atoms with Crippen molar-refractivity contribution in [3.8, 4) is 11.5 Å². The summed E-state index contributed by atoms with van der Waals surface area (Å²) in [6.07, 6.45) is 0.957. The van der Waals surface area contributed by atoms with E-state index in [4.69, 9.17) is 15.2 Å². The average Bonchev–Trinajstić information content (AvgIpc) is 2.94. The van der Waals surface area contributed by atoms with Crippen molar-refractivity contribution < 1.29 is 18.3 Å². The second kappa shape index (κ2) is 6.96. The number of benzene rings is 2. The minimum absolute atomic E-state index is 0.0265. The summed E-state index contributed by atoms with van der Waals surface area (Å²) in [7, 11) is 1.58. The van der Waals surface area contributed by atoms with Crippen LogP contribution in [0.4, 0.5) is 14.5 Å². The maximum absolute atomic E-state index is 13.6. The number of hydrogen-bond acceptors (Lipinski definition) is 3. The molecule has 25 heavy (non-hydrogen) atoms. The molecule has 0 spiro atoms. The zero-order chi connectivity index (χ0) is 18.0. The van der Waals surface area contributed by atoms with Gasteiger partial charge in [-0.05, 0) is 31.2 Å². The molecular formula is C18H19F2N3O2. The number of halogens is 2. The molecular weight excluding hydrogens is 328 g/mol. The Hall–Kier alpha value is -2.83. The van der Waals surface area contributed by atoms with E-state index < -0.39 is 11.6 Å². The topological polar surface area (TPSA) is 68.9 Å². The van der Waals surface area contributed by atoms with Crippen LogP contribution in [-0.4, -0.2) is 19.2 Å². The van der Waals surface area contributed by atoms with Crippen LogP contribution >= 0.6 is 0 Å². The SMILES string of the molecule is COc1cc2c(cc1CN=C(N)Nc1cc(F)ccc1F)OC(C)C2. The summed E-state index contributed by atoms with van der Waals surface area (Å²) >= 11 is 0. The molecule has 2 aromatic rings. The highest BCUT2D eigenvalue weighted by Gasteiger charge is 2.21. The van der Waals surface area contributed by atoms with Crippen LogP contribution in [0.2, 0.25) is 0 Å². The third-order valence-corrected chi connectivity index (χ3v) is 3.91. The van der Waals surface area contributed by atoms with Gasteiger partial charge in [0.1, 0.15) is 29.2 Å². The fourth-order valence-corrected chi connectivity index (χ4v) is 2.74. The highest BCUT2D eigenvalue weighted by Crippen LogP contribution is 2.35. The van der Waals surface area contributed by atoms with Gasteiger partial charge in [-0.15, -0.1) is 0 Å². The molecule has 3 N–H and O–H groups in total. The van der Waals surface area contributed by atoms with E-state index in [2.05, 4.69) is 10.3 Å². The fourth-order valence-electron chi connectivity index (χ4n) is 2.74. The molecule has 7 heteroatoms. The molecule has 0 aromatic heterocycles. The number of guanidine groups is 1. The van der Waals surface area contributed by atoms with Crippen LogP contribution in [-0.2, 0) is 13.0 Å². The van der Waals surface area contributed by atoms with E-state index in [0.717, 1.165) is 41.5 Å². The van der Waals surface area contributed by atoms with E-state index >= 15 is 0 Å². The number of nitrogens with two attached hydrogens (primary N) is 1. The maximum atomic E-state index is 13.6. The summed E-state index contributed by atoms with van der Waals surface area (Å²) in [5.74, 6) is 0.285. The first-order chi connectivity index (χ1) is 12.0. The predicted molar refractivity (Wildman–Crippen MR) is 92.1 cm³/mol. The van der Waals surface area contributed by atoms with Gasteiger partial charge in [-0.1, -0.05) is 0 Å². The van der Waals surface area contributed by atoms with Gasteiger partial charge in [0, 0.05) is 23.6 Å². The van der Waals surface area contributed by atoms with E-state index in [-0.39, 0.29) is 24.3 Å². The van der Waals surface area contributed by atoms with Gasteiger partial charge in [0.2, 0.25) is 0 Å². The van der Waals surface area contributed by atoms with Gasteiger partial charge in [-0.25, -0.2) is 13.8 Å². The van der Waals surface area contributed by atoms with Crippen molar-refractivity contribution in [2.45, 2.75) is 26.0 Å². The number of aliphatic imine (C=N–C) groups is 1. The lowest BCUT2D eigenvalue weighted by Crippen LogP contribution is -2.23. The standard InChI is InChI=1S/C18H19F2N3O2/c1-10-5-11-6-16(24-2)12(7-17(11)25-10)9-22-18(21)23-15-8-13(19)3-4-14(15)20/h3-4,6-8,10H,5,9H2,1-2H3,(H3,21,22,23). The van der Waals surface area contributed by atoms with E-state index in [9.17, 15) is 8.78 Å². The lowest BCUT2D eigenvalue weighted by molar-refractivity contribution is 0.254. The molecule has 5 nitrogen and oxygen atoms in total. The van der Waals surface area contributed by atoms with Gasteiger partial charge in [0.25, 0.3) is 0 Å². The third-order valence-electron chi connectivity index (χ3n) is 3.91. The van der Waals surface area contributed by atoms with E-state index in [1.54, 1.807) is 7.11 Å². The fraction of sp³-hybridized carbons (Fsp3) is 0.278. The van der Waals surface area contributed by atoms with Gasteiger partial charge in [0.05, 0.1) is 19.3 Å². The Balaban J connectivity index is 1.77. The molecule has 0 aliphatic carbocycles. The largest absolute Gasteiger partial charge is 0.496 e. The van der Waals surface area contributed by atoms with Gasteiger partial charge < -0.3 is 20.5 Å². The molecule has 132 valence electrons. The quantitative estimate of drug-likeness (QED) is 0.658. The van der Waals surface area contributed by atoms with Crippen LogP contribution in [0.5, 0.6) is 11.5 Å². The molecule has 1 atom stereocenters. The van der Waals surface area contributed by atoms with Crippen molar-refractivity contribution in [3.63, 3.8) is 0 Å². The molecule has 1 heterocycles. The van der Waals surface area contributed by atoms with Crippen molar-refractivity contribution in [2.24, 2.45) is 10.7 Å². The molecule has 3 rings (SSSR count). The van der Waals surface area contributed by atoms with E-state index in [0.29, 0.717) is 5.75 Å². The molecule has 1 aliphatic heterocycles. The Morgan fingerprint density at radius 3 is 2.92 bits per heavy atom. The van der Waals surface area contributed by atoms with E-state index in [1.165, 1.54) is 0 Å². The Kier molecular flexibility index (Phi) is 4.74. The molecule has 1 aliphatic rings. The second-order valence-corrected chi connectivity index (χ2v) is 5.86. The molecule has 2 aromatic carbocycles. The number of rotatable bonds is 4. The van der Waals surface area contributed by atoms with Crippen molar-refractivity contribution in [1.29, 1.82) is 0 Å². The number of nitrogens with one attached hydrogen (secondary N) is 1. The summed E-state index contributed by atoms with van der Waals surface area (Å²) in [4.78, 5) is 4.17. The van der Waals surface area contributed by atoms with Crippen LogP contribution in [0.25, 0.3) is 0 Å². The predicted octanol–water partition coefficient (Wildman–Crippen LogP) is 3.22. The summed E-state index contributed by atoms with van der Waals surface area (Å²) < 4.78 is 37.9. The van der Waals surface area contributed by atoms with Crippen LogP contribution in [0.15, 0.2) is 35.3 Å². The zero-order valence-electron chi connectivity index (χ0n) is 14.0. The average molecular weight is 347 g/mol. The Labute approximate surface area is 144 Å². The lowest BCUT2D eigenvalue weighted by atomic mass is 10.1. The molecule has 0 bridgehead atoms. The summed E-state index contributed by atoms with van der Waals surface area (Å²) in [5, 5.41) is 2.56. The van der Waals surface area contributed by atoms with Gasteiger partial charge >= 0.3 is 0 Å². The second-order valence-electron chi connectivity index (χ2n) is 5.86. The molecule has 0 saturated carbocycles. The monoisotopic (exact) mass is 347 g/mol. The minimum atomic E-state index is -0.614. The number of anilines is 1. The highest BCUT2D eigenvalue weighted by atomic mass is 19.1. The smallest absolute Gasteiger partial charge is 0.193 e. The number of nitrogens with zero attached hydrogens (tertiary/aromatic N) is 1. The number of methoxy groups -OCH3 is 1. The van der Waals surface area contributed by atoms with Crippen LogP contribution in [0.1, 0.15) is 18.1 Å². The van der Waals surface area contributed by atoms with Crippen molar-refractivity contribution >= 4 is 11.6 Å². The molecule has 0 fully saturated rings. The van der Waals surface area contributed by atoms with Crippen LogP contribution in [0.3, 0.4) is 0 Å². The Morgan fingerprint density at radius 1 is 1.36 bits per heavy atom. The third kappa shape index (κ3) is 3.81. The first-order valence-corrected chi connectivity index (χ1v) is 7.84. The summed E-state index contributed by atoms with van der Waals surface area (Å²) in [6.45, 7) is 2.21. The molecule has 0 amide bonds. The number of fused-ring (bicyclic) bond motifs is 1. The Morgan fingerprint density at radius 2 is 2.16 bits per heavy atom. The van der Waals surface area contributed by atoms with Crippen molar-refractivity contribution in [3.05, 3.63) is 53.1 Å². The molecule has 0 radical (unpaired) electrons. The number of ether oxygens (including phenoxy) is 2. The van der Waals surface area contributed by atoms with Crippen molar-refractivity contribution in [1.82, 2.24) is 0 Å². The van der Waals surface area contributed by atoms with Crippen LogP contribution in [0, 0.1) is 11.6 Å². The summed E-state index contributed by atoms with van der Waals surface area (Å²) in [6, 6.07) is 6.87. The van der Waals surface area contributed by atoms with Crippen LogP contribution < -0.4 is 20.5 Å².